The van der Waals surface area contributed by atoms with Crippen LogP contribution in [0.25, 0.3) is 5.69 Å². The zero-order chi connectivity index (χ0) is 19.6. The number of nitrogens with zero attached hydrogens (tertiary/aromatic N) is 5. The lowest BCUT2D eigenvalue weighted by Crippen LogP contribution is -2.55. The van der Waals surface area contributed by atoms with Crippen molar-refractivity contribution in [3.05, 3.63) is 54.4 Å². The van der Waals surface area contributed by atoms with Gasteiger partial charge in [-0.2, -0.15) is 0 Å². The van der Waals surface area contributed by atoms with Crippen LogP contribution < -0.4 is 0 Å². The Balaban J connectivity index is 1.85. The molecule has 2 heterocycles. The Morgan fingerprint density at radius 1 is 1.33 bits per heavy atom. The Hall–Kier alpha value is -3.03. The predicted molar refractivity (Wildman–Crippen MR) is 98.0 cm³/mol. The number of hydrogen-bond acceptors (Lipinski definition) is 4. The number of carbonyl (C=O) groups is 2. The molecule has 2 amide bonds. The molecule has 1 fully saturated rings. The molecule has 0 spiro atoms. The van der Waals surface area contributed by atoms with Crippen LogP contribution in [0.5, 0.6) is 0 Å². The zero-order valence-corrected chi connectivity index (χ0v) is 15.4. The van der Waals surface area contributed by atoms with Crippen LogP contribution in [-0.2, 0) is 11.2 Å². The summed E-state index contributed by atoms with van der Waals surface area (Å²) < 4.78 is 15.5. The van der Waals surface area contributed by atoms with Gasteiger partial charge in [-0.15, -0.1) is 5.10 Å². The summed E-state index contributed by atoms with van der Waals surface area (Å²) in [5.74, 6) is -0.356. The average molecular weight is 371 g/mol. The quantitative estimate of drug-likeness (QED) is 0.769. The Morgan fingerprint density at radius 2 is 2.07 bits per heavy atom. The molecule has 1 aromatic heterocycles. The molecule has 0 unspecified atom stereocenters. The molecule has 8 heteroatoms. The maximum absolute atomic E-state index is 14.1. The van der Waals surface area contributed by atoms with E-state index in [9.17, 15) is 14.0 Å². The van der Waals surface area contributed by atoms with E-state index in [1.165, 1.54) is 16.8 Å². The molecule has 0 N–H and O–H groups in total. The fourth-order valence-corrected chi connectivity index (χ4v) is 3.20. The Labute approximate surface area is 157 Å². The highest BCUT2D eigenvalue weighted by Crippen LogP contribution is 2.17. The van der Waals surface area contributed by atoms with Gasteiger partial charge in [0, 0.05) is 32.1 Å². The van der Waals surface area contributed by atoms with Crippen LogP contribution in [0.4, 0.5) is 4.39 Å². The highest BCUT2D eigenvalue weighted by atomic mass is 19.1. The van der Waals surface area contributed by atoms with Crippen molar-refractivity contribution in [1.29, 1.82) is 0 Å². The van der Waals surface area contributed by atoms with Gasteiger partial charge in [0.15, 0.2) is 0 Å². The van der Waals surface area contributed by atoms with Gasteiger partial charge in [0.2, 0.25) is 11.7 Å². The molecule has 0 saturated carbocycles. The molecule has 27 heavy (non-hydrogen) atoms. The highest BCUT2D eigenvalue weighted by molar-refractivity contribution is 5.91. The summed E-state index contributed by atoms with van der Waals surface area (Å²) in [6.07, 6.45) is 1.78. The molecule has 2 aromatic rings. The van der Waals surface area contributed by atoms with Crippen molar-refractivity contribution in [3.8, 4) is 5.69 Å². The van der Waals surface area contributed by atoms with Crippen LogP contribution in [0.2, 0.25) is 0 Å². The van der Waals surface area contributed by atoms with E-state index in [1.54, 1.807) is 28.0 Å². The van der Waals surface area contributed by atoms with Crippen molar-refractivity contribution in [2.24, 2.45) is 0 Å². The minimum atomic E-state index is -0.430. The van der Waals surface area contributed by atoms with Crippen LogP contribution in [0, 0.1) is 5.82 Å². The monoisotopic (exact) mass is 371 g/mol. The molecule has 1 aromatic carbocycles. The molecule has 1 saturated heterocycles. The molecule has 0 radical (unpaired) electrons. The van der Waals surface area contributed by atoms with Crippen molar-refractivity contribution in [2.75, 3.05) is 19.6 Å². The second kappa shape index (κ2) is 7.69. The van der Waals surface area contributed by atoms with Gasteiger partial charge in [-0.05, 0) is 25.1 Å². The zero-order valence-electron chi connectivity index (χ0n) is 15.4. The number of hydrogen-bond donors (Lipinski definition) is 0. The lowest BCUT2D eigenvalue weighted by Gasteiger charge is -2.38. The fraction of sp³-hybridized carbons (Fsp3) is 0.368. The number of carbonyl (C=O) groups excluding carboxylic acids is 2. The maximum Gasteiger partial charge on any atom is 0.293 e. The van der Waals surface area contributed by atoms with Crippen LogP contribution in [-0.4, -0.2) is 62.1 Å². The lowest BCUT2D eigenvalue weighted by atomic mass is 10.2. The number of rotatable bonds is 4. The van der Waals surface area contributed by atoms with E-state index < -0.39 is 5.82 Å². The molecular formula is C19H22FN5O2. The minimum Gasteiger partial charge on any atom is -0.335 e. The Kier molecular flexibility index (Phi) is 5.34. The molecule has 1 atom stereocenters. The predicted octanol–water partition coefficient (Wildman–Crippen LogP) is 1.83. The first kappa shape index (κ1) is 18.8. The van der Waals surface area contributed by atoms with E-state index in [2.05, 4.69) is 16.7 Å². The number of amides is 2. The van der Waals surface area contributed by atoms with E-state index in [-0.39, 0.29) is 29.4 Å². The SMILES string of the molecule is C=CC(=O)N1CCN(C(=O)c2nc(CC)n(-c3ccccc3F)n2)[C@@H](C)C1. The highest BCUT2D eigenvalue weighted by Gasteiger charge is 2.32. The summed E-state index contributed by atoms with van der Waals surface area (Å²) >= 11 is 0. The normalized spacial score (nSPS) is 17.1. The summed E-state index contributed by atoms with van der Waals surface area (Å²) in [5.41, 5.74) is 0.260. The standard InChI is InChI=1S/C19H22FN5O2/c1-4-16-21-18(22-25(16)15-9-7-6-8-14(15)20)19(27)24-11-10-23(12-13(24)3)17(26)5-2/h5-9,13H,2,4,10-12H2,1,3H3/t13-/m0/s1. The summed E-state index contributed by atoms with van der Waals surface area (Å²) in [7, 11) is 0. The Bertz CT molecular complexity index is 879. The number of piperazine rings is 1. The van der Waals surface area contributed by atoms with Crippen molar-refractivity contribution in [1.82, 2.24) is 24.6 Å². The third-order valence-electron chi connectivity index (χ3n) is 4.64. The second-order valence-corrected chi connectivity index (χ2v) is 6.40. The second-order valence-electron chi connectivity index (χ2n) is 6.40. The van der Waals surface area contributed by atoms with Gasteiger partial charge in [-0.3, -0.25) is 9.59 Å². The first-order chi connectivity index (χ1) is 13.0. The van der Waals surface area contributed by atoms with E-state index in [0.29, 0.717) is 31.9 Å². The average Bonchev–Trinajstić information content (AvgIpc) is 3.11. The van der Waals surface area contributed by atoms with Gasteiger partial charge in [-0.1, -0.05) is 25.6 Å². The molecule has 1 aliphatic rings. The van der Waals surface area contributed by atoms with Crippen LogP contribution in [0.3, 0.4) is 0 Å². The van der Waals surface area contributed by atoms with Crippen LogP contribution in [0.1, 0.15) is 30.3 Å². The number of aryl methyl sites for hydroxylation is 1. The lowest BCUT2D eigenvalue weighted by molar-refractivity contribution is -0.128. The van der Waals surface area contributed by atoms with Crippen molar-refractivity contribution >= 4 is 11.8 Å². The summed E-state index contributed by atoms with van der Waals surface area (Å²) in [5, 5.41) is 4.27. The summed E-state index contributed by atoms with van der Waals surface area (Å²) in [6.45, 7) is 8.47. The first-order valence-electron chi connectivity index (χ1n) is 8.89. The summed E-state index contributed by atoms with van der Waals surface area (Å²) in [4.78, 5) is 32.3. The third-order valence-corrected chi connectivity index (χ3v) is 4.64. The molecule has 1 aliphatic heterocycles. The van der Waals surface area contributed by atoms with Gasteiger partial charge in [0.05, 0.1) is 0 Å². The van der Waals surface area contributed by atoms with Gasteiger partial charge in [-0.25, -0.2) is 14.1 Å². The number of aromatic nitrogens is 3. The van der Waals surface area contributed by atoms with E-state index in [4.69, 9.17) is 0 Å². The minimum absolute atomic E-state index is 0.0328. The molecule has 7 nitrogen and oxygen atoms in total. The number of benzene rings is 1. The Morgan fingerprint density at radius 3 is 2.70 bits per heavy atom. The van der Waals surface area contributed by atoms with E-state index in [1.807, 2.05) is 13.8 Å². The number of halogens is 1. The number of para-hydroxylation sites is 1. The molecule has 3 rings (SSSR count). The van der Waals surface area contributed by atoms with Crippen molar-refractivity contribution in [3.63, 3.8) is 0 Å². The van der Waals surface area contributed by atoms with Crippen molar-refractivity contribution in [2.45, 2.75) is 26.3 Å². The smallest absolute Gasteiger partial charge is 0.293 e. The molecular weight excluding hydrogens is 349 g/mol. The summed E-state index contributed by atoms with van der Waals surface area (Å²) in [6, 6.07) is 6.06. The van der Waals surface area contributed by atoms with Crippen molar-refractivity contribution < 1.29 is 14.0 Å². The van der Waals surface area contributed by atoms with Crippen LogP contribution in [0.15, 0.2) is 36.9 Å². The van der Waals surface area contributed by atoms with Gasteiger partial charge in [0.25, 0.3) is 5.91 Å². The topological polar surface area (TPSA) is 71.3 Å². The molecule has 0 bridgehead atoms. The maximum atomic E-state index is 14.1. The van der Waals surface area contributed by atoms with E-state index in [0.717, 1.165) is 0 Å². The van der Waals surface area contributed by atoms with Crippen LogP contribution >= 0.6 is 0 Å². The van der Waals surface area contributed by atoms with Gasteiger partial charge in [0.1, 0.15) is 17.3 Å². The van der Waals surface area contributed by atoms with Gasteiger partial charge < -0.3 is 9.80 Å². The first-order valence-corrected chi connectivity index (χ1v) is 8.89. The third kappa shape index (κ3) is 3.60. The molecule has 0 aliphatic carbocycles. The largest absolute Gasteiger partial charge is 0.335 e. The van der Waals surface area contributed by atoms with Gasteiger partial charge >= 0.3 is 0 Å². The molecule has 142 valence electrons. The van der Waals surface area contributed by atoms with E-state index >= 15 is 0 Å². The fourth-order valence-electron chi connectivity index (χ4n) is 3.20.